The van der Waals surface area contributed by atoms with Gasteiger partial charge in [-0.3, -0.25) is 0 Å². The van der Waals surface area contributed by atoms with Crippen LogP contribution < -0.4 is 14.2 Å². The summed E-state index contributed by atoms with van der Waals surface area (Å²) in [5.41, 5.74) is 1.78. The summed E-state index contributed by atoms with van der Waals surface area (Å²) < 4.78 is 15.9. The van der Waals surface area contributed by atoms with Crippen molar-refractivity contribution in [3.63, 3.8) is 0 Å². The quantitative estimate of drug-likeness (QED) is 0.753. The van der Waals surface area contributed by atoms with E-state index >= 15 is 0 Å². The number of nitriles is 1. The molecule has 1 atom stereocenters. The molecule has 0 aliphatic rings. The van der Waals surface area contributed by atoms with Crippen LogP contribution in [-0.2, 0) is 6.42 Å². The first-order valence-electron chi connectivity index (χ1n) is 7.72. The summed E-state index contributed by atoms with van der Waals surface area (Å²) in [5.74, 6) is 1.69. The van der Waals surface area contributed by atoms with Crippen LogP contribution >= 0.6 is 0 Å². The molecular weight excluding hydrogens is 306 g/mol. The van der Waals surface area contributed by atoms with Crippen LogP contribution in [0.1, 0.15) is 24.0 Å². The molecule has 0 bridgehead atoms. The number of benzene rings is 2. The summed E-state index contributed by atoms with van der Waals surface area (Å²) in [4.78, 5) is 0. The molecule has 0 aliphatic heterocycles. The molecular formula is C19H21NO4. The minimum atomic E-state index is -0.888. The summed E-state index contributed by atoms with van der Waals surface area (Å²) in [6.45, 7) is 0. The van der Waals surface area contributed by atoms with Gasteiger partial charge in [0.2, 0.25) is 0 Å². The molecule has 2 aromatic rings. The topological polar surface area (TPSA) is 71.7 Å². The van der Waals surface area contributed by atoms with Gasteiger partial charge in [0.15, 0.2) is 17.8 Å². The van der Waals surface area contributed by atoms with Gasteiger partial charge < -0.3 is 19.3 Å². The minimum absolute atomic E-state index is 0.508. The largest absolute Gasteiger partial charge is 0.493 e. The number of hydrogen-bond donors (Lipinski definition) is 1. The Bertz CT molecular complexity index is 692. The van der Waals surface area contributed by atoms with E-state index in [0.717, 1.165) is 18.4 Å². The number of nitrogens with zero attached hydrogens (tertiary/aromatic N) is 1. The normalized spacial score (nSPS) is 11.4. The zero-order valence-corrected chi connectivity index (χ0v) is 13.9. The van der Waals surface area contributed by atoms with Crippen LogP contribution in [0.25, 0.3) is 0 Å². The van der Waals surface area contributed by atoms with Gasteiger partial charge in [0, 0.05) is 12.5 Å². The molecule has 126 valence electrons. The fourth-order valence-electron chi connectivity index (χ4n) is 2.33. The average molecular weight is 327 g/mol. The van der Waals surface area contributed by atoms with Crippen molar-refractivity contribution in [3.05, 3.63) is 53.6 Å². The molecule has 0 heterocycles. The fourth-order valence-corrected chi connectivity index (χ4v) is 2.33. The monoisotopic (exact) mass is 327 g/mol. The second kappa shape index (κ2) is 8.80. The lowest BCUT2D eigenvalue weighted by Gasteiger charge is -2.15. The Kier molecular flexibility index (Phi) is 6.47. The molecule has 5 nitrogen and oxygen atoms in total. The first kappa shape index (κ1) is 17.6. The third-order valence-electron chi connectivity index (χ3n) is 3.63. The van der Waals surface area contributed by atoms with Crippen molar-refractivity contribution in [1.82, 2.24) is 0 Å². The maximum absolute atomic E-state index is 10.0. The molecule has 2 rings (SSSR count). The van der Waals surface area contributed by atoms with E-state index in [0.29, 0.717) is 29.2 Å². The van der Waals surface area contributed by atoms with E-state index in [9.17, 15) is 5.11 Å². The van der Waals surface area contributed by atoms with E-state index in [-0.39, 0.29) is 0 Å². The lowest BCUT2D eigenvalue weighted by molar-refractivity contribution is -0.0242. The van der Waals surface area contributed by atoms with Crippen molar-refractivity contribution in [2.75, 3.05) is 14.2 Å². The Morgan fingerprint density at radius 2 is 1.75 bits per heavy atom. The van der Waals surface area contributed by atoms with Crippen molar-refractivity contribution < 1.29 is 19.3 Å². The van der Waals surface area contributed by atoms with Gasteiger partial charge in [0.1, 0.15) is 5.75 Å². The average Bonchev–Trinajstić information content (AvgIpc) is 2.62. The summed E-state index contributed by atoms with van der Waals surface area (Å²) >= 11 is 0. The van der Waals surface area contributed by atoms with E-state index in [1.807, 2.05) is 12.1 Å². The lowest BCUT2D eigenvalue weighted by Crippen LogP contribution is -2.15. The summed E-state index contributed by atoms with van der Waals surface area (Å²) in [6.07, 6.45) is 1.22. The Morgan fingerprint density at radius 1 is 1.04 bits per heavy atom. The summed E-state index contributed by atoms with van der Waals surface area (Å²) in [6, 6.07) is 14.7. The van der Waals surface area contributed by atoms with E-state index in [4.69, 9.17) is 19.5 Å². The van der Waals surface area contributed by atoms with E-state index in [2.05, 4.69) is 6.07 Å². The Morgan fingerprint density at radius 3 is 2.38 bits per heavy atom. The smallest absolute Gasteiger partial charge is 0.197 e. The highest BCUT2D eigenvalue weighted by atomic mass is 16.6. The third-order valence-corrected chi connectivity index (χ3v) is 3.63. The molecule has 5 heteroatoms. The van der Waals surface area contributed by atoms with Gasteiger partial charge in [-0.1, -0.05) is 12.1 Å². The summed E-state index contributed by atoms with van der Waals surface area (Å²) in [5, 5.41) is 18.8. The zero-order chi connectivity index (χ0) is 17.4. The van der Waals surface area contributed by atoms with Crippen LogP contribution in [0.3, 0.4) is 0 Å². The Labute approximate surface area is 142 Å². The molecule has 2 aromatic carbocycles. The number of aryl methyl sites for hydroxylation is 1. The number of methoxy groups -OCH3 is 2. The van der Waals surface area contributed by atoms with Crippen molar-refractivity contribution >= 4 is 0 Å². The van der Waals surface area contributed by atoms with Crippen molar-refractivity contribution in [2.24, 2.45) is 0 Å². The number of aliphatic hydroxyl groups is 1. The van der Waals surface area contributed by atoms with Gasteiger partial charge in [-0.25, -0.2) is 0 Å². The highest BCUT2D eigenvalue weighted by molar-refractivity contribution is 5.45. The Hall–Kier alpha value is -2.71. The predicted molar refractivity (Wildman–Crippen MR) is 90.3 cm³/mol. The first-order valence-corrected chi connectivity index (χ1v) is 7.72. The predicted octanol–water partition coefficient (Wildman–Crippen LogP) is 3.30. The van der Waals surface area contributed by atoms with Gasteiger partial charge in [0.05, 0.1) is 25.9 Å². The molecule has 0 amide bonds. The number of rotatable bonds is 8. The maximum Gasteiger partial charge on any atom is 0.197 e. The van der Waals surface area contributed by atoms with Gasteiger partial charge in [0.25, 0.3) is 0 Å². The minimum Gasteiger partial charge on any atom is -0.493 e. The van der Waals surface area contributed by atoms with Crippen LogP contribution in [0.15, 0.2) is 42.5 Å². The maximum atomic E-state index is 10.0. The first-order chi connectivity index (χ1) is 11.7. The summed E-state index contributed by atoms with van der Waals surface area (Å²) in [7, 11) is 3.12. The van der Waals surface area contributed by atoms with Crippen molar-refractivity contribution in [2.45, 2.75) is 25.6 Å². The van der Waals surface area contributed by atoms with E-state index in [1.54, 1.807) is 44.6 Å². The molecule has 0 spiro atoms. The highest BCUT2D eigenvalue weighted by Crippen LogP contribution is 2.31. The molecule has 1 unspecified atom stereocenters. The second-order valence-electron chi connectivity index (χ2n) is 5.29. The fraction of sp³-hybridized carbons (Fsp3) is 0.316. The van der Waals surface area contributed by atoms with Crippen LogP contribution in [0.2, 0.25) is 0 Å². The molecule has 0 aliphatic carbocycles. The molecule has 1 N–H and O–H groups in total. The SMILES string of the molecule is COc1ccc(OC(O)CCCc2ccc(C#N)cc2)cc1OC. The van der Waals surface area contributed by atoms with Gasteiger partial charge >= 0.3 is 0 Å². The van der Waals surface area contributed by atoms with Crippen molar-refractivity contribution in [3.8, 4) is 23.3 Å². The Balaban J connectivity index is 1.82. The highest BCUT2D eigenvalue weighted by Gasteiger charge is 2.10. The molecule has 0 radical (unpaired) electrons. The zero-order valence-electron chi connectivity index (χ0n) is 13.9. The van der Waals surface area contributed by atoms with Gasteiger partial charge in [-0.2, -0.15) is 5.26 Å². The molecule has 0 aromatic heterocycles. The lowest BCUT2D eigenvalue weighted by atomic mass is 10.1. The standard InChI is InChI=1S/C19H21NO4/c1-22-17-11-10-16(12-18(17)23-2)24-19(21)5-3-4-14-6-8-15(13-20)9-7-14/h6-12,19,21H,3-5H2,1-2H3. The molecule has 0 saturated heterocycles. The van der Waals surface area contributed by atoms with Crippen LogP contribution in [0.4, 0.5) is 0 Å². The van der Waals surface area contributed by atoms with E-state index in [1.165, 1.54) is 0 Å². The molecule has 0 saturated carbocycles. The molecule has 0 fully saturated rings. The number of aliphatic hydroxyl groups excluding tert-OH is 1. The van der Waals surface area contributed by atoms with Gasteiger partial charge in [-0.15, -0.1) is 0 Å². The van der Waals surface area contributed by atoms with Crippen LogP contribution in [-0.4, -0.2) is 25.6 Å². The number of ether oxygens (including phenoxy) is 3. The molecule has 24 heavy (non-hydrogen) atoms. The van der Waals surface area contributed by atoms with Crippen LogP contribution in [0, 0.1) is 11.3 Å². The van der Waals surface area contributed by atoms with Gasteiger partial charge in [-0.05, 0) is 42.7 Å². The second-order valence-corrected chi connectivity index (χ2v) is 5.29. The third kappa shape index (κ3) is 4.90. The number of hydrogen-bond acceptors (Lipinski definition) is 5. The van der Waals surface area contributed by atoms with E-state index < -0.39 is 6.29 Å². The van der Waals surface area contributed by atoms with Crippen molar-refractivity contribution in [1.29, 1.82) is 5.26 Å². The van der Waals surface area contributed by atoms with Crippen LogP contribution in [0.5, 0.6) is 17.2 Å².